The van der Waals surface area contributed by atoms with Crippen molar-refractivity contribution in [3.05, 3.63) is 58.4 Å². The zero-order chi connectivity index (χ0) is 19.4. The van der Waals surface area contributed by atoms with E-state index in [0.717, 1.165) is 11.4 Å². The first-order valence-electron chi connectivity index (χ1n) is 8.13. The molecule has 8 nitrogen and oxygen atoms in total. The predicted octanol–water partition coefficient (Wildman–Crippen LogP) is 2.57. The van der Waals surface area contributed by atoms with E-state index < -0.39 is 5.91 Å². The van der Waals surface area contributed by atoms with Crippen molar-refractivity contribution in [2.24, 2.45) is 5.73 Å². The summed E-state index contributed by atoms with van der Waals surface area (Å²) < 4.78 is 0. The maximum atomic E-state index is 12.3. The maximum Gasteiger partial charge on any atom is 0.250 e. The van der Waals surface area contributed by atoms with E-state index in [1.165, 1.54) is 11.3 Å². The third kappa shape index (κ3) is 4.85. The van der Waals surface area contributed by atoms with Crippen LogP contribution in [0.15, 0.2) is 35.7 Å². The van der Waals surface area contributed by atoms with Gasteiger partial charge in [0.2, 0.25) is 11.9 Å². The van der Waals surface area contributed by atoms with Crippen LogP contribution in [0.1, 0.15) is 27.4 Å². The van der Waals surface area contributed by atoms with Gasteiger partial charge in [-0.3, -0.25) is 9.59 Å². The van der Waals surface area contributed by atoms with Gasteiger partial charge in [-0.2, -0.15) is 0 Å². The molecule has 0 spiro atoms. The number of carbonyl (C=O) groups is 2. The molecule has 0 aliphatic rings. The Morgan fingerprint density at radius 1 is 1.11 bits per heavy atom. The summed E-state index contributed by atoms with van der Waals surface area (Å²) in [4.78, 5) is 36.7. The van der Waals surface area contributed by atoms with Crippen LogP contribution in [0.25, 0.3) is 0 Å². The van der Waals surface area contributed by atoms with Gasteiger partial charge in [-0.15, -0.1) is 11.3 Å². The first-order chi connectivity index (χ1) is 12.9. The summed E-state index contributed by atoms with van der Waals surface area (Å²) in [6, 6.07) is 8.47. The molecule has 1 aromatic carbocycles. The van der Waals surface area contributed by atoms with Gasteiger partial charge in [0, 0.05) is 16.8 Å². The number of hydrogen-bond acceptors (Lipinski definition) is 7. The molecule has 9 heteroatoms. The van der Waals surface area contributed by atoms with Crippen LogP contribution in [0, 0.1) is 13.8 Å². The SMILES string of the molecule is Cc1cc(C)nc(Nc2nc(CC(=O)Nc3ccccc3C(N)=O)cs2)n1. The Morgan fingerprint density at radius 3 is 2.52 bits per heavy atom. The molecule has 27 heavy (non-hydrogen) atoms. The molecule has 3 rings (SSSR count). The van der Waals surface area contributed by atoms with E-state index in [2.05, 4.69) is 25.6 Å². The molecule has 0 radical (unpaired) electrons. The number of para-hydroxylation sites is 1. The Hall–Kier alpha value is -3.33. The Balaban J connectivity index is 1.65. The minimum atomic E-state index is -0.598. The molecule has 0 fully saturated rings. The Labute approximate surface area is 159 Å². The minimum Gasteiger partial charge on any atom is -0.366 e. The fourth-order valence-corrected chi connectivity index (χ4v) is 3.19. The number of nitrogens with two attached hydrogens (primary N) is 1. The molecule has 0 aliphatic heterocycles. The number of thiazole rings is 1. The van der Waals surface area contributed by atoms with Gasteiger partial charge in [-0.1, -0.05) is 12.1 Å². The molecule has 2 amide bonds. The van der Waals surface area contributed by atoms with Gasteiger partial charge in [0.05, 0.1) is 23.4 Å². The van der Waals surface area contributed by atoms with Crippen molar-refractivity contribution in [3.63, 3.8) is 0 Å². The third-order valence-electron chi connectivity index (χ3n) is 3.56. The highest BCUT2D eigenvalue weighted by Crippen LogP contribution is 2.20. The van der Waals surface area contributed by atoms with Crippen LogP contribution in [-0.2, 0) is 11.2 Å². The summed E-state index contributed by atoms with van der Waals surface area (Å²) >= 11 is 1.36. The van der Waals surface area contributed by atoms with Gasteiger partial charge in [-0.05, 0) is 32.0 Å². The van der Waals surface area contributed by atoms with Crippen LogP contribution >= 0.6 is 11.3 Å². The standard InChI is InChI=1S/C18H18N6O2S/c1-10-7-11(2)21-17(20-10)24-18-22-12(9-27-18)8-15(25)23-14-6-4-3-5-13(14)16(19)26/h3-7,9H,8H2,1-2H3,(H2,19,26)(H,23,25)(H,20,21,22,24). The van der Waals surface area contributed by atoms with Gasteiger partial charge in [0.25, 0.3) is 5.91 Å². The van der Waals surface area contributed by atoms with Crippen LogP contribution in [-0.4, -0.2) is 26.8 Å². The fraction of sp³-hybridized carbons (Fsp3) is 0.167. The third-order valence-corrected chi connectivity index (χ3v) is 4.37. The monoisotopic (exact) mass is 382 g/mol. The van der Waals surface area contributed by atoms with Gasteiger partial charge in [0.1, 0.15) is 0 Å². The minimum absolute atomic E-state index is 0.0684. The molecule has 0 saturated heterocycles. The number of benzene rings is 1. The molecule has 2 aromatic heterocycles. The first-order valence-corrected chi connectivity index (χ1v) is 9.01. The maximum absolute atomic E-state index is 12.3. The average Bonchev–Trinajstić information content (AvgIpc) is 3.00. The summed E-state index contributed by atoms with van der Waals surface area (Å²) in [5, 5.41) is 8.12. The number of anilines is 3. The van der Waals surface area contributed by atoms with E-state index >= 15 is 0 Å². The normalized spacial score (nSPS) is 10.4. The van der Waals surface area contributed by atoms with Crippen LogP contribution in [0.5, 0.6) is 0 Å². The van der Waals surface area contributed by atoms with Crippen molar-refractivity contribution >= 4 is 39.9 Å². The van der Waals surface area contributed by atoms with Gasteiger partial charge < -0.3 is 16.4 Å². The Bertz CT molecular complexity index is 981. The lowest BCUT2D eigenvalue weighted by molar-refractivity contribution is -0.115. The van der Waals surface area contributed by atoms with Gasteiger partial charge >= 0.3 is 0 Å². The number of primary amides is 1. The lowest BCUT2D eigenvalue weighted by atomic mass is 10.1. The molecular weight excluding hydrogens is 364 g/mol. The van der Waals surface area contributed by atoms with E-state index in [-0.39, 0.29) is 17.9 Å². The lowest BCUT2D eigenvalue weighted by Gasteiger charge is -2.07. The summed E-state index contributed by atoms with van der Waals surface area (Å²) in [6.07, 6.45) is 0.0684. The molecule has 0 saturated carbocycles. The summed E-state index contributed by atoms with van der Waals surface area (Å²) in [7, 11) is 0. The average molecular weight is 382 g/mol. The molecular formula is C18H18N6O2S. The fourth-order valence-electron chi connectivity index (χ4n) is 2.49. The molecule has 0 atom stereocenters. The van der Waals surface area contributed by atoms with Crippen molar-refractivity contribution in [3.8, 4) is 0 Å². The van der Waals surface area contributed by atoms with E-state index in [9.17, 15) is 9.59 Å². The molecule has 0 unspecified atom stereocenters. The molecule has 2 heterocycles. The second kappa shape index (κ2) is 7.92. The number of carbonyl (C=O) groups excluding carboxylic acids is 2. The highest BCUT2D eigenvalue weighted by Gasteiger charge is 2.13. The molecule has 138 valence electrons. The summed E-state index contributed by atoms with van der Waals surface area (Å²) in [6.45, 7) is 3.78. The Morgan fingerprint density at radius 2 is 1.81 bits per heavy atom. The zero-order valence-corrected chi connectivity index (χ0v) is 15.6. The van der Waals surface area contributed by atoms with Crippen molar-refractivity contribution in [1.29, 1.82) is 0 Å². The van der Waals surface area contributed by atoms with Crippen molar-refractivity contribution in [2.75, 3.05) is 10.6 Å². The van der Waals surface area contributed by atoms with Crippen LogP contribution in [0.2, 0.25) is 0 Å². The number of nitrogens with one attached hydrogen (secondary N) is 2. The second-order valence-electron chi connectivity index (χ2n) is 5.88. The largest absolute Gasteiger partial charge is 0.366 e. The number of amides is 2. The van der Waals surface area contributed by atoms with Crippen molar-refractivity contribution < 1.29 is 9.59 Å². The van der Waals surface area contributed by atoms with Crippen molar-refractivity contribution in [2.45, 2.75) is 20.3 Å². The highest BCUT2D eigenvalue weighted by molar-refractivity contribution is 7.13. The first kappa shape index (κ1) is 18.5. The van der Waals surface area contributed by atoms with E-state index in [1.807, 2.05) is 19.9 Å². The number of aryl methyl sites for hydroxylation is 2. The van der Waals surface area contributed by atoms with Crippen LogP contribution in [0.4, 0.5) is 16.8 Å². The van der Waals surface area contributed by atoms with E-state index in [4.69, 9.17) is 5.73 Å². The van der Waals surface area contributed by atoms with Gasteiger partial charge in [-0.25, -0.2) is 15.0 Å². The summed E-state index contributed by atoms with van der Waals surface area (Å²) in [5.74, 6) is -0.420. The zero-order valence-electron chi connectivity index (χ0n) is 14.8. The smallest absolute Gasteiger partial charge is 0.250 e. The molecule has 3 aromatic rings. The number of hydrogen-bond donors (Lipinski definition) is 3. The Kier molecular flexibility index (Phi) is 5.41. The van der Waals surface area contributed by atoms with Gasteiger partial charge in [0.15, 0.2) is 5.13 Å². The van der Waals surface area contributed by atoms with Crippen LogP contribution < -0.4 is 16.4 Å². The summed E-state index contributed by atoms with van der Waals surface area (Å²) in [5.41, 5.74) is 8.27. The number of rotatable bonds is 6. The number of aromatic nitrogens is 3. The second-order valence-corrected chi connectivity index (χ2v) is 6.74. The highest BCUT2D eigenvalue weighted by atomic mass is 32.1. The van der Waals surface area contributed by atoms with Crippen LogP contribution in [0.3, 0.4) is 0 Å². The quantitative estimate of drug-likeness (QED) is 0.602. The molecule has 4 N–H and O–H groups in total. The molecule has 0 bridgehead atoms. The van der Waals surface area contributed by atoms with E-state index in [1.54, 1.807) is 29.6 Å². The lowest BCUT2D eigenvalue weighted by Crippen LogP contribution is -2.19. The molecule has 0 aliphatic carbocycles. The van der Waals surface area contributed by atoms with E-state index in [0.29, 0.717) is 22.5 Å². The van der Waals surface area contributed by atoms with Crippen molar-refractivity contribution in [1.82, 2.24) is 15.0 Å². The number of nitrogens with zero attached hydrogens (tertiary/aromatic N) is 3. The topological polar surface area (TPSA) is 123 Å². The predicted molar refractivity (Wildman–Crippen MR) is 104 cm³/mol.